The van der Waals surface area contributed by atoms with Crippen molar-refractivity contribution in [3.63, 3.8) is 0 Å². The molecule has 1 amide bonds. The van der Waals surface area contributed by atoms with Crippen LogP contribution in [0.5, 0.6) is 0 Å². The maximum Gasteiger partial charge on any atom is 0.155 e. The van der Waals surface area contributed by atoms with Crippen molar-refractivity contribution in [2.24, 2.45) is 0 Å². The van der Waals surface area contributed by atoms with Gasteiger partial charge in [-0.25, -0.2) is 0 Å². The Kier molecular flexibility index (Phi) is 11.5. The molecule has 0 aromatic carbocycles. The van der Waals surface area contributed by atoms with Crippen LogP contribution in [0.3, 0.4) is 0 Å². The third kappa shape index (κ3) is 12.7. The summed E-state index contributed by atoms with van der Waals surface area (Å²) in [7, 11) is 0. The van der Waals surface area contributed by atoms with Crippen molar-refractivity contribution < 1.29 is 19.1 Å². The van der Waals surface area contributed by atoms with E-state index in [-0.39, 0.29) is 12.4 Å². The van der Waals surface area contributed by atoms with Crippen LogP contribution in [0.4, 0.5) is 0 Å². The fourth-order valence-corrected chi connectivity index (χ4v) is 0.610. The van der Waals surface area contributed by atoms with Crippen LogP contribution in [0.1, 0.15) is 6.92 Å². The summed E-state index contributed by atoms with van der Waals surface area (Å²) in [6.07, 6.45) is 1.53. The Morgan fingerprint density at radius 3 is 2.50 bits per heavy atom. The zero-order valence-corrected chi connectivity index (χ0v) is 10.4. The molecule has 0 saturated carbocycles. The van der Waals surface area contributed by atoms with Crippen molar-refractivity contribution in [1.29, 1.82) is 0 Å². The molecule has 0 unspecified atom stereocenters. The monoisotopic (exact) mass is 445 g/mol. The van der Waals surface area contributed by atoms with Crippen LogP contribution in [-0.2, 0) is 19.1 Å². The second kappa shape index (κ2) is 11.1. The summed E-state index contributed by atoms with van der Waals surface area (Å²) in [5, 5.41) is 2.33. The number of amides is 1. The summed E-state index contributed by atoms with van der Waals surface area (Å²) in [5.74, 6) is -0.00257. The first-order valence-corrected chi connectivity index (χ1v) is 4.02. The Balaban J connectivity index is 0. The van der Waals surface area contributed by atoms with Gasteiger partial charge in [0.25, 0.3) is 0 Å². The normalized spacial score (nSPS) is 8.93. The Morgan fingerprint density at radius 2 is 1.93 bits per heavy atom. The molecule has 0 aliphatic heterocycles. The van der Waals surface area contributed by atoms with Gasteiger partial charge < -0.3 is 19.6 Å². The van der Waals surface area contributed by atoms with Crippen LogP contribution in [0, 0.1) is 0 Å². The Hall–Kier alpha value is -1.94. The molecule has 0 fully saturated rings. The number of ketones is 1. The number of ether oxygens (including phenoxy) is 2. The maximum atomic E-state index is 10.4. The molecule has 5 nitrogen and oxygen atoms in total. The van der Waals surface area contributed by atoms with Crippen molar-refractivity contribution in [2.45, 2.75) is 6.92 Å². The number of carbonyl (C=O) groups is 1. The molecule has 0 aliphatic rings. The summed E-state index contributed by atoms with van der Waals surface area (Å²) in [4.78, 5) is 20.1. The van der Waals surface area contributed by atoms with E-state index in [2.05, 4.69) is 5.32 Å². The predicted molar refractivity (Wildman–Crippen MR) is 46.0 cm³/mol. The van der Waals surface area contributed by atoms with Gasteiger partial charge in [-0.3, -0.25) is 4.79 Å². The van der Waals surface area contributed by atoms with Gasteiger partial charge in [0.1, 0.15) is 6.61 Å². The van der Waals surface area contributed by atoms with Gasteiger partial charge in [-0.15, -0.1) is 0 Å². The molecule has 0 aromatic heterocycles. The molecule has 0 atom stereocenters. The molecular weight excluding hydrogens is 431 g/mol. The van der Waals surface area contributed by atoms with Crippen LogP contribution >= 0.6 is 0 Å². The number of Topliss-reactive ketones (excluding diaryl/α,β-unsaturated/α-hetero) is 1. The predicted octanol–water partition coefficient (Wildman–Crippen LogP) is -0.735. The minimum Gasteiger partial charge on any atom is -0.528 e. The van der Waals surface area contributed by atoms with E-state index >= 15 is 0 Å². The summed E-state index contributed by atoms with van der Waals surface area (Å²) >= 11 is 0. The van der Waals surface area contributed by atoms with Crippen molar-refractivity contribution in [1.82, 2.24) is 5.32 Å². The van der Waals surface area contributed by atoms with Gasteiger partial charge in [-0.05, 0) is 6.92 Å². The molecule has 0 aliphatic carbocycles. The first-order valence-electron chi connectivity index (χ1n) is 4.02. The Bertz CT molecular complexity index is 154. The van der Waals surface area contributed by atoms with Gasteiger partial charge in [-0.1, -0.05) is 0 Å². The molecule has 1 N–H and O–H groups in total. The van der Waals surface area contributed by atoms with Gasteiger partial charge >= 0.3 is 0 Å². The minimum atomic E-state index is -0.00257. The molecule has 0 rings (SSSR count). The van der Waals surface area contributed by atoms with E-state index in [4.69, 9.17) is 9.47 Å². The SMILES string of the molecule is CC(=O)COCCOCCN[C-]=O.[Fm]. The van der Waals surface area contributed by atoms with Crippen LogP contribution < -0.4 is 5.32 Å². The van der Waals surface area contributed by atoms with E-state index in [1.54, 1.807) is 0 Å². The fraction of sp³-hybridized carbons (Fsp3) is 0.750. The fourth-order valence-electron chi connectivity index (χ4n) is 0.610. The van der Waals surface area contributed by atoms with Gasteiger partial charge in [0.05, 0.1) is 19.8 Å². The van der Waals surface area contributed by atoms with Crippen LogP contribution in [0.25, 0.3) is 0 Å². The van der Waals surface area contributed by atoms with E-state index in [1.807, 2.05) is 0 Å². The number of hydrogen-bond donors (Lipinski definition) is 1. The van der Waals surface area contributed by atoms with Crippen LogP contribution in [-0.4, -0.2) is 45.2 Å². The largest absolute Gasteiger partial charge is 0.528 e. The van der Waals surface area contributed by atoms with Gasteiger partial charge in [0, 0.05) is 6.54 Å². The third-order valence-corrected chi connectivity index (χ3v) is 1.12. The number of carbonyl (C=O) groups excluding carboxylic acids is 2. The van der Waals surface area contributed by atoms with E-state index < -0.39 is 0 Å². The van der Waals surface area contributed by atoms with Crippen molar-refractivity contribution in [3.8, 4) is 0 Å². The van der Waals surface area contributed by atoms with Gasteiger partial charge in [0.15, 0.2) is 5.78 Å². The Morgan fingerprint density at radius 1 is 1.29 bits per heavy atom. The standard InChI is InChI=1S/C8H14NO4.Fm/c1-8(11)6-13-5-4-12-3-2-9-7-10;/h2-6H2,1H3,(H,9,10);/q-1;. The first kappa shape index (κ1) is 14.6. The second-order valence-electron chi connectivity index (χ2n) is 2.40. The maximum absolute atomic E-state index is 10.4. The number of rotatable bonds is 9. The second-order valence-corrected chi connectivity index (χ2v) is 2.40. The molecule has 0 radical (unpaired) electrons. The van der Waals surface area contributed by atoms with E-state index in [1.165, 1.54) is 13.3 Å². The molecule has 0 saturated heterocycles. The van der Waals surface area contributed by atoms with Crippen LogP contribution in [0.2, 0.25) is 0 Å². The first-order chi connectivity index (χ1) is 6.27. The quantitative estimate of drug-likeness (QED) is 0.289. The minimum absolute atomic E-state index is 0. The van der Waals surface area contributed by atoms with E-state index in [0.717, 1.165) is 0 Å². The third-order valence-electron chi connectivity index (χ3n) is 1.12. The van der Waals surface area contributed by atoms with Gasteiger partial charge in [-0.2, -0.15) is 6.41 Å². The average Bonchev–Trinajstić information content (AvgIpc) is 2.09. The zero-order chi connectivity index (χ0) is 9.94. The topological polar surface area (TPSA) is 64.6 Å². The molecule has 0 aromatic rings. The summed E-state index contributed by atoms with van der Waals surface area (Å²) < 4.78 is 9.97. The molecular formula is C8H14FmNO4-. The average molecular weight is 445 g/mol. The summed E-state index contributed by atoms with van der Waals surface area (Å²) in [5.41, 5.74) is 0. The molecule has 88 valence electrons. The number of nitrogens with one attached hydrogen (secondary N) is 1. The molecule has 0 bridgehead atoms. The van der Waals surface area contributed by atoms with Crippen LogP contribution in [0.15, 0.2) is 0 Å². The van der Waals surface area contributed by atoms with E-state index in [0.29, 0.717) is 26.4 Å². The van der Waals surface area contributed by atoms with E-state index in [9.17, 15) is 9.59 Å². The molecule has 6 heteroatoms. The summed E-state index contributed by atoms with van der Waals surface area (Å²) in [6.45, 7) is 3.28. The van der Waals surface area contributed by atoms with Crippen molar-refractivity contribution in [2.75, 3.05) is 33.0 Å². The molecule has 0 spiro atoms. The summed E-state index contributed by atoms with van der Waals surface area (Å²) in [6, 6.07) is 0. The smallest absolute Gasteiger partial charge is 0.155 e. The zero-order valence-electron chi connectivity index (χ0n) is 7.96. The van der Waals surface area contributed by atoms with Crippen molar-refractivity contribution in [3.05, 3.63) is 0 Å². The Labute approximate surface area is 77.4 Å². The molecule has 0 heterocycles. The van der Waals surface area contributed by atoms with Gasteiger partial charge in [0.2, 0.25) is 0 Å². The number of hydrogen-bond acceptors (Lipinski definition) is 4. The molecule has 14 heavy (non-hydrogen) atoms. The van der Waals surface area contributed by atoms with Crippen molar-refractivity contribution >= 4 is 12.2 Å².